The van der Waals surface area contributed by atoms with Crippen molar-refractivity contribution in [3.63, 3.8) is 0 Å². The van der Waals surface area contributed by atoms with Crippen molar-refractivity contribution in [1.82, 2.24) is 0 Å². The average molecular weight is 817 g/mol. The van der Waals surface area contributed by atoms with Crippen LogP contribution in [0.5, 0.6) is 0 Å². The highest BCUT2D eigenvalue weighted by Gasteiger charge is 2.19. The van der Waals surface area contributed by atoms with E-state index in [1.54, 1.807) is 0 Å². The maximum Gasteiger partial charge on any atom is 0.306 e. The molecular weight excluding hydrogens is 721 g/mol. The number of hydrogen-bond acceptors (Lipinski definition) is 6. The molecule has 0 spiro atoms. The molecule has 6 nitrogen and oxygen atoms in total. The molecular formula is C52H96O6. The van der Waals surface area contributed by atoms with Gasteiger partial charge in [0.05, 0.1) is 0 Å². The Kier molecular flexibility index (Phi) is 45.8. The van der Waals surface area contributed by atoms with Crippen LogP contribution in [0.25, 0.3) is 0 Å². The molecule has 0 saturated heterocycles. The first-order valence-corrected chi connectivity index (χ1v) is 25.3. The minimum atomic E-state index is -0.768. The lowest BCUT2D eigenvalue weighted by Gasteiger charge is -2.18. The fourth-order valence-corrected chi connectivity index (χ4v) is 7.36. The molecule has 0 aliphatic rings. The summed E-state index contributed by atoms with van der Waals surface area (Å²) in [7, 11) is 0. The Morgan fingerprint density at radius 1 is 0.345 bits per heavy atom. The molecule has 0 aliphatic carbocycles. The predicted octanol–water partition coefficient (Wildman–Crippen LogP) is 16.4. The Bertz CT molecular complexity index is 942. The highest BCUT2D eigenvalue weighted by Crippen LogP contribution is 2.15. The van der Waals surface area contributed by atoms with Crippen LogP contribution in [0, 0.1) is 0 Å². The van der Waals surface area contributed by atoms with Gasteiger partial charge in [-0.2, -0.15) is 0 Å². The summed E-state index contributed by atoms with van der Waals surface area (Å²) in [5, 5.41) is 0. The van der Waals surface area contributed by atoms with E-state index in [4.69, 9.17) is 14.2 Å². The number of hydrogen-bond donors (Lipinski definition) is 0. The molecule has 58 heavy (non-hydrogen) atoms. The van der Waals surface area contributed by atoms with Crippen molar-refractivity contribution in [2.24, 2.45) is 0 Å². The van der Waals surface area contributed by atoms with Crippen molar-refractivity contribution in [1.29, 1.82) is 0 Å². The normalized spacial score (nSPS) is 12.1. The van der Waals surface area contributed by atoms with Gasteiger partial charge < -0.3 is 14.2 Å². The van der Waals surface area contributed by atoms with E-state index in [9.17, 15) is 14.4 Å². The van der Waals surface area contributed by atoms with Crippen molar-refractivity contribution < 1.29 is 28.6 Å². The Hall–Kier alpha value is -2.11. The lowest BCUT2D eigenvalue weighted by molar-refractivity contribution is -0.167. The molecule has 340 valence electrons. The lowest BCUT2D eigenvalue weighted by atomic mass is 10.0. The zero-order valence-electron chi connectivity index (χ0n) is 38.8. The predicted molar refractivity (Wildman–Crippen MR) is 247 cm³/mol. The Labute approximate surface area is 360 Å². The van der Waals surface area contributed by atoms with Crippen molar-refractivity contribution in [3.8, 4) is 0 Å². The van der Waals surface area contributed by atoms with E-state index < -0.39 is 6.10 Å². The van der Waals surface area contributed by atoms with E-state index in [1.165, 1.54) is 161 Å². The van der Waals surface area contributed by atoms with E-state index in [2.05, 4.69) is 45.1 Å². The molecule has 0 aromatic rings. The smallest absolute Gasteiger partial charge is 0.306 e. The highest BCUT2D eigenvalue weighted by atomic mass is 16.6. The van der Waals surface area contributed by atoms with Crippen LogP contribution in [0.1, 0.15) is 271 Å². The van der Waals surface area contributed by atoms with Crippen molar-refractivity contribution >= 4 is 17.9 Å². The standard InChI is InChI=1S/C52H96O6/c1-4-7-10-13-16-19-22-24-25-26-27-28-31-34-37-40-43-46-52(55)58-49(47-56-50(53)44-41-38-35-32-29-21-18-15-12-9-6-3)48-57-51(54)45-42-39-36-33-30-23-20-17-14-11-8-5-2/h16,19,24-25,49H,4-15,17-18,20-23,26-48H2,1-3H3/b19-16-,25-24-/t49-/m0/s1. The maximum absolute atomic E-state index is 12.8. The van der Waals surface area contributed by atoms with Crippen LogP contribution in [0.15, 0.2) is 24.3 Å². The van der Waals surface area contributed by atoms with Gasteiger partial charge in [0.2, 0.25) is 0 Å². The summed E-state index contributed by atoms with van der Waals surface area (Å²) >= 11 is 0. The fourth-order valence-electron chi connectivity index (χ4n) is 7.36. The van der Waals surface area contributed by atoms with Crippen molar-refractivity contribution in [2.45, 2.75) is 277 Å². The van der Waals surface area contributed by atoms with Gasteiger partial charge in [0, 0.05) is 19.3 Å². The monoisotopic (exact) mass is 817 g/mol. The van der Waals surface area contributed by atoms with Gasteiger partial charge in [-0.15, -0.1) is 0 Å². The first-order chi connectivity index (χ1) is 28.5. The molecule has 0 aromatic carbocycles. The first kappa shape index (κ1) is 55.9. The number of esters is 3. The van der Waals surface area contributed by atoms with Gasteiger partial charge in [-0.1, -0.05) is 225 Å². The summed E-state index contributed by atoms with van der Waals surface area (Å²) in [5.41, 5.74) is 0. The molecule has 0 rings (SSSR count). The summed E-state index contributed by atoms with van der Waals surface area (Å²) in [6.45, 7) is 6.62. The van der Waals surface area contributed by atoms with E-state index in [0.717, 1.165) is 70.6 Å². The molecule has 0 bridgehead atoms. The number of unbranched alkanes of at least 4 members (excludes halogenated alkanes) is 31. The van der Waals surface area contributed by atoms with Gasteiger partial charge in [0.1, 0.15) is 13.2 Å². The van der Waals surface area contributed by atoms with E-state index in [0.29, 0.717) is 19.3 Å². The molecule has 0 saturated carbocycles. The Balaban J connectivity index is 4.34. The number of allylic oxidation sites excluding steroid dienone is 4. The molecule has 0 heterocycles. The SMILES string of the molecule is CCCCC/C=C\C/C=C\CCCCCCCCCC(=O)O[C@@H](COC(=O)CCCCCCCCCCCCC)COC(=O)CCCCCCCCCCCCCC. The molecule has 0 N–H and O–H groups in total. The number of ether oxygens (including phenoxy) is 3. The molecule has 0 aliphatic heterocycles. The topological polar surface area (TPSA) is 78.9 Å². The third kappa shape index (κ3) is 45.0. The van der Waals surface area contributed by atoms with Gasteiger partial charge in [-0.05, 0) is 51.4 Å². The summed E-state index contributed by atoms with van der Waals surface area (Å²) in [6.07, 6.45) is 53.0. The molecule has 0 unspecified atom stereocenters. The highest BCUT2D eigenvalue weighted by molar-refractivity contribution is 5.71. The first-order valence-electron chi connectivity index (χ1n) is 25.3. The van der Waals surface area contributed by atoms with E-state index in [1.807, 2.05) is 0 Å². The number of carbonyl (C=O) groups excluding carboxylic acids is 3. The molecule has 6 heteroatoms. The third-order valence-corrected chi connectivity index (χ3v) is 11.2. The van der Waals surface area contributed by atoms with Crippen LogP contribution in [0.3, 0.4) is 0 Å². The minimum Gasteiger partial charge on any atom is -0.462 e. The fraction of sp³-hybridized carbons (Fsp3) is 0.865. The molecule has 1 atom stereocenters. The van der Waals surface area contributed by atoms with Gasteiger partial charge in [-0.25, -0.2) is 0 Å². The van der Waals surface area contributed by atoms with Gasteiger partial charge in [0.15, 0.2) is 6.10 Å². The molecule has 0 amide bonds. The van der Waals surface area contributed by atoms with Crippen LogP contribution < -0.4 is 0 Å². The maximum atomic E-state index is 12.8. The molecule has 0 radical (unpaired) electrons. The van der Waals surface area contributed by atoms with Crippen LogP contribution in [0.4, 0.5) is 0 Å². The number of carbonyl (C=O) groups is 3. The van der Waals surface area contributed by atoms with Crippen LogP contribution >= 0.6 is 0 Å². The van der Waals surface area contributed by atoms with Crippen LogP contribution in [-0.2, 0) is 28.6 Å². The Morgan fingerprint density at radius 3 is 0.983 bits per heavy atom. The van der Waals surface area contributed by atoms with E-state index in [-0.39, 0.29) is 31.1 Å². The second-order valence-electron chi connectivity index (χ2n) is 17.1. The second-order valence-corrected chi connectivity index (χ2v) is 17.1. The van der Waals surface area contributed by atoms with Gasteiger partial charge in [0.25, 0.3) is 0 Å². The summed E-state index contributed by atoms with van der Waals surface area (Å²) < 4.78 is 16.8. The molecule has 0 fully saturated rings. The third-order valence-electron chi connectivity index (χ3n) is 11.2. The van der Waals surface area contributed by atoms with Crippen molar-refractivity contribution in [3.05, 3.63) is 24.3 Å². The van der Waals surface area contributed by atoms with Crippen molar-refractivity contribution in [2.75, 3.05) is 13.2 Å². The zero-order valence-corrected chi connectivity index (χ0v) is 38.8. The zero-order chi connectivity index (χ0) is 42.3. The van der Waals surface area contributed by atoms with Crippen LogP contribution in [0.2, 0.25) is 0 Å². The average Bonchev–Trinajstić information content (AvgIpc) is 3.22. The summed E-state index contributed by atoms with van der Waals surface area (Å²) in [4.78, 5) is 37.9. The quantitative estimate of drug-likeness (QED) is 0.0263. The summed E-state index contributed by atoms with van der Waals surface area (Å²) in [5.74, 6) is -0.867. The van der Waals surface area contributed by atoms with E-state index >= 15 is 0 Å². The second kappa shape index (κ2) is 47.6. The Morgan fingerprint density at radius 2 is 0.621 bits per heavy atom. The van der Waals surface area contributed by atoms with Gasteiger partial charge in [-0.3, -0.25) is 14.4 Å². The largest absolute Gasteiger partial charge is 0.462 e. The number of rotatable bonds is 46. The minimum absolute atomic E-state index is 0.0700. The summed E-state index contributed by atoms with van der Waals surface area (Å²) in [6, 6.07) is 0. The van der Waals surface area contributed by atoms with Gasteiger partial charge >= 0.3 is 17.9 Å². The molecule has 0 aromatic heterocycles. The lowest BCUT2D eigenvalue weighted by Crippen LogP contribution is -2.30. The van der Waals surface area contributed by atoms with Crippen LogP contribution in [-0.4, -0.2) is 37.2 Å².